The molecule has 0 spiro atoms. The summed E-state index contributed by atoms with van der Waals surface area (Å²) in [5.41, 5.74) is 5.01. The van der Waals surface area contributed by atoms with Gasteiger partial charge in [0.15, 0.2) is 0 Å². The third-order valence-corrected chi connectivity index (χ3v) is 6.38. The zero-order valence-corrected chi connectivity index (χ0v) is 18.5. The van der Waals surface area contributed by atoms with E-state index in [1.807, 2.05) is 71.1 Å². The molecule has 0 heterocycles. The number of rotatable bonds is 6. The van der Waals surface area contributed by atoms with E-state index in [2.05, 4.69) is 5.32 Å². The van der Waals surface area contributed by atoms with Crippen molar-refractivity contribution >= 4 is 34.7 Å². The molecule has 31 heavy (non-hydrogen) atoms. The van der Waals surface area contributed by atoms with E-state index in [-0.39, 0.29) is 18.9 Å². The predicted octanol–water partition coefficient (Wildman–Crippen LogP) is 4.96. The lowest BCUT2D eigenvalue weighted by Gasteiger charge is -2.18. The fourth-order valence-electron chi connectivity index (χ4n) is 3.89. The van der Waals surface area contributed by atoms with Crippen LogP contribution in [0.5, 0.6) is 0 Å². The zero-order valence-electron chi connectivity index (χ0n) is 16.3. The maximum absolute atomic E-state index is 13.3. The van der Waals surface area contributed by atoms with Gasteiger partial charge in [0.25, 0.3) is 0 Å². The van der Waals surface area contributed by atoms with E-state index in [0.29, 0.717) is 9.13 Å². The molecule has 5 nitrogen and oxygen atoms in total. The number of carbonyl (C=O) groups excluding carboxylic acids is 1. The van der Waals surface area contributed by atoms with Gasteiger partial charge in [0.2, 0.25) is 0 Å². The molecule has 0 unspecified atom stereocenters. The maximum Gasteiger partial charge on any atom is 0.407 e. The number of carbonyl (C=O) groups is 2. The summed E-state index contributed by atoms with van der Waals surface area (Å²) in [6.45, 7) is 0.0975. The molecule has 0 aliphatic heterocycles. The zero-order chi connectivity index (χ0) is 22.0. The van der Waals surface area contributed by atoms with E-state index in [0.717, 1.165) is 22.3 Å². The summed E-state index contributed by atoms with van der Waals surface area (Å²) in [6.07, 6.45) is -0.774. The summed E-state index contributed by atoms with van der Waals surface area (Å²) in [5, 5.41) is 11.9. The molecular weight excluding hydrogens is 512 g/mol. The van der Waals surface area contributed by atoms with Crippen molar-refractivity contribution in [1.29, 1.82) is 0 Å². The normalized spacial score (nSPS) is 13.2. The third kappa shape index (κ3) is 4.56. The van der Waals surface area contributed by atoms with Gasteiger partial charge in [0.05, 0.1) is 0 Å². The van der Waals surface area contributed by atoms with Gasteiger partial charge in [-0.15, -0.1) is 0 Å². The number of hydrogen-bond donors (Lipinski definition) is 2. The van der Waals surface area contributed by atoms with Gasteiger partial charge in [0.1, 0.15) is 18.5 Å². The van der Waals surface area contributed by atoms with Crippen molar-refractivity contribution in [3.05, 3.63) is 92.8 Å². The minimum Gasteiger partial charge on any atom is -0.480 e. The molecule has 0 saturated carbocycles. The number of carboxylic acids is 1. The number of amides is 1. The van der Waals surface area contributed by atoms with Gasteiger partial charge in [-0.3, -0.25) is 0 Å². The first-order valence-corrected chi connectivity index (χ1v) is 10.8. The molecular formula is C24H19FINO4. The van der Waals surface area contributed by atoms with Crippen LogP contribution in [-0.4, -0.2) is 29.8 Å². The second-order valence-corrected chi connectivity index (χ2v) is 8.46. The largest absolute Gasteiger partial charge is 0.480 e. The lowest BCUT2D eigenvalue weighted by molar-refractivity contribution is -0.139. The highest BCUT2D eigenvalue weighted by Gasteiger charge is 2.30. The molecule has 7 heteroatoms. The highest BCUT2D eigenvalue weighted by molar-refractivity contribution is 14.1. The molecule has 4 rings (SSSR count). The molecule has 0 bridgehead atoms. The molecule has 1 aliphatic rings. The van der Waals surface area contributed by atoms with Crippen LogP contribution in [-0.2, 0) is 16.0 Å². The van der Waals surface area contributed by atoms with Crippen LogP contribution in [0.1, 0.15) is 22.6 Å². The Bertz CT molecular complexity index is 1100. The number of halogens is 2. The second kappa shape index (κ2) is 9.05. The first-order chi connectivity index (χ1) is 14.9. The van der Waals surface area contributed by atoms with Gasteiger partial charge in [-0.2, -0.15) is 0 Å². The average Bonchev–Trinajstić information content (AvgIpc) is 3.07. The number of fused-ring (bicyclic) bond motifs is 3. The predicted molar refractivity (Wildman–Crippen MR) is 122 cm³/mol. The first kappa shape index (κ1) is 21.3. The summed E-state index contributed by atoms with van der Waals surface area (Å²) >= 11 is 1.94. The first-order valence-electron chi connectivity index (χ1n) is 9.72. The van der Waals surface area contributed by atoms with Gasteiger partial charge in [-0.1, -0.05) is 54.6 Å². The van der Waals surface area contributed by atoms with E-state index in [4.69, 9.17) is 4.74 Å². The van der Waals surface area contributed by atoms with Crippen molar-refractivity contribution in [3.8, 4) is 11.1 Å². The van der Waals surface area contributed by atoms with E-state index in [1.54, 1.807) is 0 Å². The highest BCUT2D eigenvalue weighted by Crippen LogP contribution is 2.44. The molecule has 0 fully saturated rings. The Hall–Kier alpha value is -2.94. The van der Waals surface area contributed by atoms with Crippen molar-refractivity contribution in [3.63, 3.8) is 0 Å². The van der Waals surface area contributed by atoms with E-state index < -0.39 is 23.9 Å². The second-order valence-electron chi connectivity index (χ2n) is 7.30. The number of alkyl carbamates (subject to hydrolysis) is 1. The Kier molecular flexibility index (Phi) is 6.22. The van der Waals surface area contributed by atoms with Gasteiger partial charge in [0, 0.05) is 15.9 Å². The van der Waals surface area contributed by atoms with Gasteiger partial charge < -0.3 is 15.2 Å². The average molecular weight is 531 g/mol. The molecule has 2 N–H and O–H groups in total. The van der Waals surface area contributed by atoms with Crippen LogP contribution in [0.4, 0.5) is 9.18 Å². The lowest BCUT2D eigenvalue weighted by Crippen LogP contribution is -2.43. The molecule has 3 aromatic carbocycles. The van der Waals surface area contributed by atoms with Crippen LogP contribution in [0.25, 0.3) is 11.1 Å². The number of aliphatic carboxylic acids is 1. The number of nitrogens with one attached hydrogen (secondary N) is 1. The maximum atomic E-state index is 13.3. The van der Waals surface area contributed by atoms with E-state index >= 15 is 0 Å². The standard InChI is InChI=1S/C24H19FINO4/c25-15-10-9-14(21(26)12-15)11-22(23(28)29)27-24(30)31-13-20-18-7-3-1-5-16(18)17-6-2-4-8-19(17)20/h1-10,12,20,22H,11,13H2,(H,27,30)(H,28,29)/t22-/m0/s1. The Morgan fingerprint density at radius 3 is 2.23 bits per heavy atom. The van der Waals surface area contributed by atoms with Gasteiger partial charge in [-0.05, 0) is 62.5 Å². The fourth-order valence-corrected chi connectivity index (χ4v) is 4.59. The Balaban J connectivity index is 1.44. The Morgan fingerprint density at radius 1 is 1.03 bits per heavy atom. The minimum absolute atomic E-state index is 0.0259. The number of ether oxygens (including phenoxy) is 1. The third-order valence-electron chi connectivity index (χ3n) is 5.37. The van der Waals surface area contributed by atoms with Crippen molar-refractivity contribution in [2.24, 2.45) is 0 Å². The summed E-state index contributed by atoms with van der Waals surface area (Å²) in [6, 6.07) is 18.9. The Morgan fingerprint density at radius 2 is 1.65 bits per heavy atom. The van der Waals surface area contributed by atoms with E-state index in [1.165, 1.54) is 18.2 Å². The SMILES string of the molecule is O=C(N[C@@H](Cc1ccc(F)cc1I)C(=O)O)OCC1c2ccccc2-c2ccccc21. The van der Waals surface area contributed by atoms with Crippen LogP contribution >= 0.6 is 22.6 Å². The number of hydrogen-bond acceptors (Lipinski definition) is 3. The molecule has 0 saturated heterocycles. The molecule has 1 aliphatic carbocycles. The summed E-state index contributed by atoms with van der Waals surface area (Å²) < 4.78 is 19.3. The molecule has 158 valence electrons. The molecule has 1 amide bonds. The van der Waals surface area contributed by atoms with Gasteiger partial charge >= 0.3 is 12.1 Å². The molecule has 1 atom stereocenters. The van der Waals surface area contributed by atoms with Crippen LogP contribution in [0.2, 0.25) is 0 Å². The smallest absolute Gasteiger partial charge is 0.407 e. The number of benzene rings is 3. The van der Waals surface area contributed by atoms with Crippen LogP contribution in [0, 0.1) is 9.39 Å². The molecule has 3 aromatic rings. The topological polar surface area (TPSA) is 75.6 Å². The van der Waals surface area contributed by atoms with Crippen molar-refractivity contribution in [2.45, 2.75) is 18.4 Å². The lowest BCUT2D eigenvalue weighted by atomic mass is 9.98. The van der Waals surface area contributed by atoms with Crippen LogP contribution < -0.4 is 5.32 Å². The van der Waals surface area contributed by atoms with Gasteiger partial charge in [-0.25, -0.2) is 14.0 Å². The van der Waals surface area contributed by atoms with Crippen molar-refractivity contribution in [2.75, 3.05) is 6.61 Å². The van der Waals surface area contributed by atoms with Crippen molar-refractivity contribution < 1.29 is 23.8 Å². The van der Waals surface area contributed by atoms with E-state index in [9.17, 15) is 19.1 Å². The summed E-state index contributed by atoms with van der Waals surface area (Å²) in [5.74, 6) is -1.70. The summed E-state index contributed by atoms with van der Waals surface area (Å²) in [7, 11) is 0. The highest BCUT2D eigenvalue weighted by atomic mass is 127. The number of carboxylic acid groups (broad SMARTS) is 1. The molecule has 0 radical (unpaired) electrons. The van der Waals surface area contributed by atoms with Crippen molar-refractivity contribution in [1.82, 2.24) is 5.32 Å². The van der Waals surface area contributed by atoms with Crippen LogP contribution in [0.3, 0.4) is 0 Å². The summed E-state index contributed by atoms with van der Waals surface area (Å²) in [4.78, 5) is 24.1. The monoisotopic (exact) mass is 531 g/mol. The fraction of sp³-hybridized carbons (Fsp3) is 0.167. The van der Waals surface area contributed by atoms with Crippen LogP contribution in [0.15, 0.2) is 66.7 Å². The minimum atomic E-state index is -1.19. The quantitative estimate of drug-likeness (QED) is 0.441. The Labute approximate surface area is 192 Å². The molecule has 0 aromatic heterocycles.